The van der Waals surface area contributed by atoms with Gasteiger partial charge in [-0.3, -0.25) is 0 Å². The number of benzene rings is 11. The third-order valence-electron chi connectivity index (χ3n) is 17.2. The average molecular weight is 1060 g/mol. The summed E-state index contributed by atoms with van der Waals surface area (Å²) in [6.45, 7) is 11.5. The van der Waals surface area contributed by atoms with Crippen LogP contribution >= 0.6 is 0 Å². The summed E-state index contributed by atoms with van der Waals surface area (Å²) in [5, 5.41) is 0. The van der Waals surface area contributed by atoms with Gasteiger partial charge in [0.15, 0.2) is 0 Å². The lowest BCUT2D eigenvalue weighted by Gasteiger charge is -2.46. The molecule has 0 bridgehead atoms. The van der Waals surface area contributed by atoms with E-state index in [9.17, 15) is 0 Å². The van der Waals surface area contributed by atoms with Gasteiger partial charge in [0.25, 0.3) is 6.71 Å². The molecule has 0 saturated carbocycles. The van der Waals surface area contributed by atoms with Crippen LogP contribution < -0.4 is 26.2 Å². The second kappa shape index (κ2) is 22.6. The van der Waals surface area contributed by atoms with E-state index in [0.717, 1.165) is 19.3 Å². The van der Waals surface area contributed by atoms with E-state index in [1.54, 1.807) is 0 Å². The first-order valence-corrected chi connectivity index (χ1v) is 30.0. The number of nitrogens with zero attached hydrogens (tertiary/aromatic N) is 2. The Morgan fingerprint density at radius 3 is 1.06 bits per heavy atom. The fourth-order valence-electron chi connectivity index (χ4n) is 13.0. The van der Waals surface area contributed by atoms with Crippen molar-refractivity contribution in [3.8, 4) is 66.8 Å². The molecular formula is C79H71BN2. The Bertz CT molecular complexity index is 3930. The molecule has 0 amide bonds. The highest BCUT2D eigenvalue weighted by Crippen LogP contribution is 2.54. The zero-order valence-electron chi connectivity index (χ0n) is 48.2. The van der Waals surface area contributed by atoms with E-state index in [4.69, 9.17) is 0 Å². The monoisotopic (exact) mass is 1060 g/mol. The normalized spacial score (nSPS) is 12.5. The summed E-state index contributed by atoms with van der Waals surface area (Å²) < 4.78 is 0. The van der Waals surface area contributed by atoms with Crippen LogP contribution in [0.1, 0.15) is 83.4 Å². The van der Waals surface area contributed by atoms with Crippen LogP contribution in [-0.2, 0) is 18.3 Å². The molecule has 0 aromatic heterocycles. The number of fused-ring (bicyclic) bond motifs is 4. The number of anilines is 6. The average Bonchev–Trinajstić information content (AvgIpc) is 2.78. The van der Waals surface area contributed by atoms with Crippen LogP contribution in [0.5, 0.6) is 0 Å². The van der Waals surface area contributed by atoms with E-state index in [1.807, 2.05) is 0 Å². The van der Waals surface area contributed by atoms with Gasteiger partial charge in [-0.15, -0.1) is 0 Å². The van der Waals surface area contributed by atoms with Crippen LogP contribution in [0, 0.1) is 0 Å². The standard InChI is InChI=1S/C79H71BN2/c1-6-8-9-10-17-30-56-49-74-76-75(50-56)82(78-68(61-39-26-15-27-40-61)53-65(79(3,4)5)54-69(78)62-41-28-16-29-42-62)73-46-44-64(58-33-20-12-21-34-58)52-71(73)80(76)70-51-63(57-31-18-11-19-32-57)43-45-72(70)81(74)77-66(59-35-22-13-23-36-59)47-55(7-2)48-67(77)60-37-24-14-25-38-60/h11-16,18-29,31-54H,6-10,17,30H2,1-5H3. The predicted octanol–water partition coefficient (Wildman–Crippen LogP) is 20.1. The van der Waals surface area contributed by atoms with Gasteiger partial charge in [0.2, 0.25) is 0 Å². The van der Waals surface area contributed by atoms with Gasteiger partial charge in [-0.25, -0.2) is 0 Å². The van der Waals surface area contributed by atoms with Gasteiger partial charge in [0.05, 0.1) is 11.4 Å². The van der Waals surface area contributed by atoms with Crippen molar-refractivity contribution in [1.82, 2.24) is 0 Å². The molecule has 11 aromatic rings. The third kappa shape index (κ3) is 9.87. The van der Waals surface area contributed by atoms with Crippen molar-refractivity contribution >= 4 is 57.2 Å². The maximum absolute atomic E-state index is 2.72. The number of rotatable bonds is 15. The molecule has 2 aliphatic rings. The SMILES string of the molecule is CCCCCCCc1cc2c3c(c1)N(c1c(-c4ccccc4)cc(C(C)(C)C)cc1-c1ccccc1)c1ccc(-c4ccccc4)cc1B3c1cc(-c3ccccc3)ccc1N2c1c(-c2ccccc2)cc(CC)cc1-c1ccccc1. The molecule has 3 heteroatoms. The van der Waals surface area contributed by atoms with E-state index in [2.05, 4.69) is 299 Å². The summed E-state index contributed by atoms with van der Waals surface area (Å²) >= 11 is 0. The fourth-order valence-corrected chi connectivity index (χ4v) is 13.0. The van der Waals surface area contributed by atoms with E-state index < -0.39 is 0 Å². The molecule has 11 aromatic carbocycles. The molecule has 82 heavy (non-hydrogen) atoms. The summed E-state index contributed by atoms with van der Waals surface area (Å²) in [5.41, 5.74) is 29.5. The molecule has 400 valence electrons. The molecule has 0 N–H and O–H groups in total. The topological polar surface area (TPSA) is 6.48 Å². The van der Waals surface area contributed by atoms with Crippen LogP contribution in [0.2, 0.25) is 0 Å². The van der Waals surface area contributed by atoms with Gasteiger partial charge < -0.3 is 9.80 Å². The summed E-state index contributed by atoms with van der Waals surface area (Å²) in [6, 6.07) is 96.6. The Hall–Kier alpha value is -8.92. The summed E-state index contributed by atoms with van der Waals surface area (Å²) in [5.74, 6) is 0. The summed E-state index contributed by atoms with van der Waals surface area (Å²) in [4.78, 5) is 5.44. The maximum atomic E-state index is 2.72. The molecule has 0 spiro atoms. The van der Waals surface area contributed by atoms with Crippen molar-refractivity contribution in [3.63, 3.8) is 0 Å². The number of hydrogen-bond donors (Lipinski definition) is 0. The van der Waals surface area contributed by atoms with Gasteiger partial charge in [0, 0.05) is 45.0 Å². The molecule has 13 rings (SSSR count). The van der Waals surface area contributed by atoms with Crippen molar-refractivity contribution in [3.05, 3.63) is 271 Å². The second-order valence-electron chi connectivity index (χ2n) is 23.6. The van der Waals surface area contributed by atoms with E-state index in [0.29, 0.717) is 0 Å². The number of aryl methyl sites for hydroxylation is 2. The Morgan fingerprint density at radius 2 is 0.695 bits per heavy atom. The lowest BCUT2D eigenvalue weighted by molar-refractivity contribution is 0.591. The number of hydrogen-bond acceptors (Lipinski definition) is 2. The number of unbranched alkanes of at least 4 members (excludes halogenated alkanes) is 4. The highest BCUT2D eigenvalue weighted by Gasteiger charge is 2.46. The molecule has 2 nitrogen and oxygen atoms in total. The minimum absolute atomic E-state index is 0.126. The molecule has 0 atom stereocenters. The zero-order valence-corrected chi connectivity index (χ0v) is 48.2. The van der Waals surface area contributed by atoms with Crippen molar-refractivity contribution in [2.45, 2.75) is 85.0 Å². The smallest absolute Gasteiger partial charge is 0.252 e. The largest absolute Gasteiger partial charge is 0.310 e. The molecule has 0 aliphatic carbocycles. The minimum Gasteiger partial charge on any atom is -0.310 e. The van der Waals surface area contributed by atoms with Crippen molar-refractivity contribution in [2.24, 2.45) is 0 Å². The first kappa shape index (κ1) is 52.5. The summed E-state index contributed by atoms with van der Waals surface area (Å²) in [7, 11) is 0. The van der Waals surface area contributed by atoms with Crippen molar-refractivity contribution < 1.29 is 0 Å². The van der Waals surface area contributed by atoms with Crippen LogP contribution in [0.15, 0.2) is 255 Å². The summed E-state index contributed by atoms with van der Waals surface area (Å²) in [6.07, 6.45) is 7.93. The lowest BCUT2D eigenvalue weighted by atomic mass is 9.33. The highest BCUT2D eigenvalue weighted by molar-refractivity contribution is 7.00. The molecule has 2 aliphatic heterocycles. The van der Waals surface area contributed by atoms with E-state index >= 15 is 0 Å². The molecule has 0 saturated heterocycles. The minimum atomic E-state index is -0.127. The fraction of sp³-hybridized carbons (Fsp3) is 0.165. The van der Waals surface area contributed by atoms with Gasteiger partial charge in [-0.05, 0) is 151 Å². The molecule has 0 unspecified atom stereocenters. The first-order chi connectivity index (χ1) is 40.2. The Morgan fingerprint density at radius 1 is 0.329 bits per heavy atom. The third-order valence-corrected chi connectivity index (χ3v) is 17.2. The molecule has 0 fully saturated rings. The van der Waals surface area contributed by atoms with Gasteiger partial charge >= 0.3 is 0 Å². The zero-order chi connectivity index (χ0) is 55.7. The highest BCUT2D eigenvalue weighted by atomic mass is 15.2. The van der Waals surface area contributed by atoms with Crippen LogP contribution in [-0.4, -0.2) is 6.71 Å². The Labute approximate surface area is 487 Å². The molecular weight excluding hydrogens is 988 g/mol. The Kier molecular flexibility index (Phi) is 14.4. The van der Waals surface area contributed by atoms with Crippen molar-refractivity contribution in [1.29, 1.82) is 0 Å². The maximum Gasteiger partial charge on any atom is 0.252 e. The van der Waals surface area contributed by atoms with Crippen LogP contribution in [0.3, 0.4) is 0 Å². The van der Waals surface area contributed by atoms with Gasteiger partial charge in [0.1, 0.15) is 0 Å². The second-order valence-corrected chi connectivity index (χ2v) is 23.6. The van der Waals surface area contributed by atoms with Gasteiger partial charge in [-0.1, -0.05) is 267 Å². The van der Waals surface area contributed by atoms with E-state index in [1.165, 1.54) is 160 Å². The van der Waals surface area contributed by atoms with Crippen LogP contribution in [0.25, 0.3) is 66.8 Å². The van der Waals surface area contributed by atoms with Crippen molar-refractivity contribution in [2.75, 3.05) is 9.80 Å². The predicted molar refractivity (Wildman–Crippen MR) is 354 cm³/mol. The lowest BCUT2D eigenvalue weighted by Crippen LogP contribution is -2.61. The molecule has 2 heterocycles. The van der Waals surface area contributed by atoms with Crippen LogP contribution in [0.4, 0.5) is 34.1 Å². The quantitative estimate of drug-likeness (QED) is 0.0746. The van der Waals surface area contributed by atoms with Gasteiger partial charge in [-0.2, -0.15) is 0 Å². The first-order valence-electron chi connectivity index (χ1n) is 30.0. The Balaban J connectivity index is 1.21. The van der Waals surface area contributed by atoms with E-state index in [-0.39, 0.29) is 12.1 Å². The molecule has 0 radical (unpaired) electrons.